The fourth-order valence-electron chi connectivity index (χ4n) is 3.12. The number of pyridine rings is 1. The molecule has 1 aromatic carbocycles. The molecule has 2 N–H and O–H groups in total. The number of aromatic nitrogens is 5. The largest absolute Gasteiger partial charge is 0.350 e. The van der Waals surface area contributed by atoms with Gasteiger partial charge in [0, 0.05) is 30.9 Å². The Kier molecular flexibility index (Phi) is 5.57. The van der Waals surface area contributed by atoms with Crippen LogP contribution in [0.25, 0.3) is 11.0 Å². The summed E-state index contributed by atoms with van der Waals surface area (Å²) in [5.74, 6) is -0.351. The van der Waals surface area contributed by atoms with Gasteiger partial charge in [-0.1, -0.05) is 12.1 Å². The molecule has 32 heavy (non-hydrogen) atoms. The number of rotatable bonds is 7. The van der Waals surface area contributed by atoms with Crippen molar-refractivity contribution in [2.45, 2.75) is 13.1 Å². The number of hydrogen-bond acceptors (Lipinski definition) is 7. The Morgan fingerprint density at radius 1 is 1.16 bits per heavy atom. The number of nitrogens with zero attached hydrogens (tertiary/aromatic N) is 5. The van der Waals surface area contributed by atoms with E-state index in [-0.39, 0.29) is 42.3 Å². The van der Waals surface area contributed by atoms with Gasteiger partial charge >= 0.3 is 0 Å². The molecule has 0 atom stereocenters. The lowest BCUT2D eigenvalue weighted by Gasteiger charge is -2.07. The molecule has 4 aromatic rings. The molecule has 1 amide bonds. The second-order valence-corrected chi connectivity index (χ2v) is 6.90. The molecule has 0 saturated heterocycles. The number of hydrogen-bond donors (Lipinski definition) is 2. The molecule has 12 heteroatoms. The molecule has 0 saturated carbocycles. The minimum absolute atomic E-state index is 0.0245. The summed E-state index contributed by atoms with van der Waals surface area (Å²) < 4.78 is 2.91. The van der Waals surface area contributed by atoms with Crippen molar-refractivity contribution in [2.24, 2.45) is 0 Å². The highest BCUT2D eigenvalue weighted by molar-refractivity contribution is 5.93. The molecule has 0 bridgehead atoms. The van der Waals surface area contributed by atoms with Crippen LogP contribution >= 0.6 is 0 Å². The normalized spacial score (nSPS) is 10.9. The van der Waals surface area contributed by atoms with Crippen molar-refractivity contribution in [1.82, 2.24) is 29.6 Å². The molecule has 0 radical (unpaired) electrons. The molecule has 162 valence electrons. The van der Waals surface area contributed by atoms with Gasteiger partial charge in [-0.05, 0) is 11.6 Å². The van der Waals surface area contributed by atoms with Gasteiger partial charge in [0.2, 0.25) is 5.56 Å². The average molecular weight is 435 g/mol. The van der Waals surface area contributed by atoms with Gasteiger partial charge in [-0.25, -0.2) is 9.67 Å². The number of amides is 1. The number of nitro benzene ring substituents is 1. The summed E-state index contributed by atoms with van der Waals surface area (Å²) in [6, 6.07) is 8.62. The van der Waals surface area contributed by atoms with Gasteiger partial charge in [0.15, 0.2) is 5.65 Å². The zero-order valence-corrected chi connectivity index (χ0v) is 16.6. The van der Waals surface area contributed by atoms with Gasteiger partial charge < -0.3 is 10.3 Å². The highest BCUT2D eigenvalue weighted by atomic mass is 16.6. The van der Waals surface area contributed by atoms with Gasteiger partial charge in [0.05, 0.1) is 29.8 Å². The first kappa shape index (κ1) is 20.7. The van der Waals surface area contributed by atoms with Crippen molar-refractivity contribution < 1.29 is 9.72 Å². The van der Waals surface area contributed by atoms with Gasteiger partial charge in [-0.3, -0.25) is 29.1 Å². The SMILES string of the molecule is O=C(NCCn1ncc2c(=O)n(Cc3ccc([N+](=O)[O-])cc3)cnc21)c1ccc(=O)[nH]c1. The van der Waals surface area contributed by atoms with Gasteiger partial charge in [-0.15, -0.1) is 0 Å². The van der Waals surface area contributed by atoms with E-state index in [1.54, 1.807) is 12.1 Å². The minimum atomic E-state index is -0.485. The van der Waals surface area contributed by atoms with Crippen LogP contribution in [-0.4, -0.2) is 41.7 Å². The molecule has 3 heterocycles. The number of H-pyrrole nitrogens is 1. The molecule has 3 aromatic heterocycles. The Morgan fingerprint density at radius 3 is 2.62 bits per heavy atom. The third kappa shape index (κ3) is 4.28. The summed E-state index contributed by atoms with van der Waals surface area (Å²) in [5.41, 5.74) is 0.807. The molecule has 0 unspecified atom stereocenters. The van der Waals surface area contributed by atoms with Gasteiger partial charge in [-0.2, -0.15) is 5.10 Å². The smallest absolute Gasteiger partial charge is 0.269 e. The van der Waals surface area contributed by atoms with E-state index in [0.29, 0.717) is 16.6 Å². The third-order valence-electron chi connectivity index (χ3n) is 4.78. The summed E-state index contributed by atoms with van der Waals surface area (Å²) in [5, 5.41) is 18.0. The Labute approximate surface area is 179 Å². The fourth-order valence-corrected chi connectivity index (χ4v) is 3.12. The van der Waals surface area contributed by atoms with Crippen LogP contribution in [0.15, 0.2) is 64.7 Å². The number of fused-ring (bicyclic) bond motifs is 1. The predicted molar refractivity (Wildman–Crippen MR) is 113 cm³/mol. The minimum Gasteiger partial charge on any atom is -0.350 e. The van der Waals surface area contributed by atoms with Crippen molar-refractivity contribution in [3.63, 3.8) is 0 Å². The zero-order chi connectivity index (χ0) is 22.7. The molecular formula is C20H17N7O5. The maximum atomic E-state index is 12.8. The van der Waals surface area contributed by atoms with E-state index in [9.17, 15) is 24.5 Å². The number of nitro groups is 1. The lowest BCUT2D eigenvalue weighted by atomic mass is 10.2. The average Bonchev–Trinajstić information content (AvgIpc) is 3.20. The molecule has 0 aliphatic heterocycles. The van der Waals surface area contributed by atoms with E-state index < -0.39 is 4.92 Å². The maximum absolute atomic E-state index is 12.8. The fraction of sp³-hybridized carbons (Fsp3) is 0.150. The highest BCUT2D eigenvalue weighted by Crippen LogP contribution is 2.13. The monoisotopic (exact) mass is 435 g/mol. The third-order valence-corrected chi connectivity index (χ3v) is 4.78. The van der Waals surface area contributed by atoms with E-state index >= 15 is 0 Å². The Bertz CT molecular complexity index is 1400. The number of nitrogens with one attached hydrogen (secondary N) is 2. The van der Waals surface area contributed by atoms with Crippen molar-refractivity contribution >= 4 is 22.6 Å². The van der Waals surface area contributed by atoms with Gasteiger partial charge in [0.25, 0.3) is 17.2 Å². The molecule has 4 rings (SSSR count). The maximum Gasteiger partial charge on any atom is 0.269 e. The number of benzene rings is 1. The van der Waals surface area contributed by atoms with Crippen LogP contribution < -0.4 is 16.4 Å². The van der Waals surface area contributed by atoms with Crippen LogP contribution in [0.1, 0.15) is 15.9 Å². The van der Waals surface area contributed by atoms with E-state index in [2.05, 4.69) is 20.4 Å². The molecule has 12 nitrogen and oxygen atoms in total. The second-order valence-electron chi connectivity index (χ2n) is 6.90. The molecular weight excluding hydrogens is 418 g/mol. The first-order valence-corrected chi connectivity index (χ1v) is 9.53. The predicted octanol–water partition coefficient (Wildman–Crippen LogP) is 0.668. The standard InChI is InChI=1S/C20H17N7O5/c28-17-6-3-14(9-22-17)19(29)21-7-8-26-18-16(10-24-26)20(30)25(12-23-18)11-13-1-4-15(5-2-13)27(31)32/h1-6,9-10,12H,7-8,11H2,(H,21,29)(H,22,28). The summed E-state index contributed by atoms with van der Waals surface area (Å²) in [6.45, 7) is 0.736. The Balaban J connectivity index is 1.44. The molecule has 0 aliphatic rings. The molecule has 0 aliphatic carbocycles. The van der Waals surface area contributed by atoms with E-state index in [1.807, 2.05) is 0 Å². The molecule has 0 fully saturated rings. The van der Waals surface area contributed by atoms with Crippen molar-refractivity contribution in [2.75, 3.05) is 6.54 Å². The quantitative estimate of drug-likeness (QED) is 0.319. The first-order valence-electron chi connectivity index (χ1n) is 9.53. The lowest BCUT2D eigenvalue weighted by Crippen LogP contribution is -2.28. The van der Waals surface area contributed by atoms with Crippen molar-refractivity contribution in [3.05, 3.63) is 97.1 Å². The van der Waals surface area contributed by atoms with Crippen LogP contribution in [0.4, 0.5) is 5.69 Å². The first-order chi connectivity index (χ1) is 15.4. The van der Waals surface area contributed by atoms with Crippen LogP contribution in [0.5, 0.6) is 0 Å². The number of aromatic amines is 1. The zero-order valence-electron chi connectivity index (χ0n) is 16.6. The van der Waals surface area contributed by atoms with Crippen LogP contribution in [-0.2, 0) is 13.1 Å². The number of non-ortho nitro benzene ring substituents is 1. The highest BCUT2D eigenvalue weighted by Gasteiger charge is 2.12. The van der Waals surface area contributed by atoms with Crippen molar-refractivity contribution in [3.8, 4) is 0 Å². The summed E-state index contributed by atoms with van der Waals surface area (Å²) >= 11 is 0. The Hall–Kier alpha value is -4.61. The number of carbonyl (C=O) groups is 1. The van der Waals surface area contributed by atoms with Crippen LogP contribution in [0.2, 0.25) is 0 Å². The summed E-state index contributed by atoms with van der Waals surface area (Å²) in [6.07, 6.45) is 4.14. The number of carbonyl (C=O) groups excluding carboxylic acids is 1. The summed E-state index contributed by atoms with van der Waals surface area (Å²) in [7, 11) is 0. The van der Waals surface area contributed by atoms with Crippen LogP contribution in [0.3, 0.4) is 0 Å². The topological polar surface area (TPSA) is 158 Å². The van der Waals surface area contributed by atoms with Crippen LogP contribution in [0, 0.1) is 10.1 Å². The van der Waals surface area contributed by atoms with Gasteiger partial charge in [0.1, 0.15) is 11.7 Å². The van der Waals surface area contributed by atoms with E-state index in [0.717, 1.165) is 5.56 Å². The summed E-state index contributed by atoms with van der Waals surface area (Å²) in [4.78, 5) is 53.0. The Morgan fingerprint density at radius 2 is 1.94 bits per heavy atom. The van der Waals surface area contributed by atoms with E-state index in [1.165, 1.54) is 52.2 Å². The van der Waals surface area contributed by atoms with E-state index in [4.69, 9.17) is 0 Å². The lowest BCUT2D eigenvalue weighted by molar-refractivity contribution is -0.384. The second kappa shape index (κ2) is 8.63. The van der Waals surface area contributed by atoms with Crippen molar-refractivity contribution in [1.29, 1.82) is 0 Å². The molecule has 0 spiro atoms.